The second kappa shape index (κ2) is 7.30. The van der Waals surface area contributed by atoms with Gasteiger partial charge in [0.05, 0.1) is 6.70 Å². The van der Waals surface area contributed by atoms with E-state index in [0.29, 0.717) is 0 Å². The molecule has 1 N–H and O–H groups in total. The second-order valence-electron chi connectivity index (χ2n) is 4.98. The molecule has 0 atom stereocenters. The summed E-state index contributed by atoms with van der Waals surface area (Å²) in [6.45, 7) is -2.06. The van der Waals surface area contributed by atoms with E-state index in [1.165, 1.54) is 10.6 Å². The van der Waals surface area contributed by atoms with Crippen LogP contribution in [-0.4, -0.2) is 0 Å². The van der Waals surface area contributed by atoms with E-state index in [9.17, 15) is 5.26 Å². The molecule has 0 unspecified atom stereocenters. The van der Waals surface area contributed by atoms with Crippen molar-refractivity contribution in [1.82, 2.24) is 0 Å². The highest BCUT2D eigenvalue weighted by atomic mass is 31.8. The summed E-state index contributed by atoms with van der Waals surface area (Å²) in [5.74, 6) is 2.38. The first-order valence-corrected chi connectivity index (χ1v) is 10.7. The van der Waals surface area contributed by atoms with Crippen LogP contribution in [0.4, 0.5) is 5.69 Å². The molecule has 23 heavy (non-hydrogen) atoms. The highest BCUT2D eigenvalue weighted by Crippen LogP contribution is 2.53. The van der Waals surface area contributed by atoms with Gasteiger partial charge in [-0.2, -0.15) is 5.26 Å². The van der Waals surface area contributed by atoms with Gasteiger partial charge in [-0.25, -0.2) is 0 Å². The summed E-state index contributed by atoms with van der Waals surface area (Å²) in [6.07, 6.45) is 0. The van der Waals surface area contributed by atoms with Crippen LogP contribution in [0.2, 0.25) is 0 Å². The summed E-state index contributed by atoms with van der Waals surface area (Å²) in [6, 6.07) is 30.7. The van der Waals surface area contributed by atoms with Gasteiger partial charge in [-0.15, -0.1) is 0 Å². The molecule has 0 aromatic heterocycles. The van der Waals surface area contributed by atoms with Gasteiger partial charge in [0.25, 0.3) is 0 Å². The van der Waals surface area contributed by atoms with Crippen LogP contribution in [-0.2, 0) is 0 Å². The van der Waals surface area contributed by atoms with Crippen molar-refractivity contribution in [3.8, 4) is 5.81 Å². The van der Waals surface area contributed by atoms with E-state index < -0.39 is 6.70 Å². The van der Waals surface area contributed by atoms with Crippen molar-refractivity contribution in [2.75, 3.05) is 5.09 Å². The number of anilines is 1. The minimum Gasteiger partial charge on any atom is -0.355 e. The first kappa shape index (κ1) is 15.6. The number of rotatable bonds is 4. The van der Waals surface area contributed by atoms with Crippen LogP contribution in [0.3, 0.4) is 0 Å². The lowest BCUT2D eigenvalue weighted by atomic mass is 10.3. The van der Waals surface area contributed by atoms with Crippen LogP contribution in [0.15, 0.2) is 91.0 Å². The number of hydrogen-bond acceptors (Lipinski definition) is 1. The van der Waals surface area contributed by atoms with Gasteiger partial charge in [-0.3, -0.25) is 0 Å². The van der Waals surface area contributed by atoms with Crippen molar-refractivity contribution in [1.29, 1.82) is 5.26 Å². The average molecular weight is 334 g/mol. The molecule has 0 aliphatic carbocycles. The Balaban J connectivity index is 2.24. The number of hydrogen-bond donors (Lipinski definition) is 1. The maximum absolute atomic E-state index is 9.53. The number of nitrogens with zero attached hydrogens (tertiary/aromatic N) is 1. The van der Waals surface area contributed by atoms with E-state index in [-0.39, 0.29) is 0 Å². The lowest BCUT2D eigenvalue weighted by Crippen LogP contribution is -2.20. The van der Waals surface area contributed by atoms with Crippen LogP contribution in [0, 0.1) is 11.1 Å². The van der Waals surface area contributed by atoms with Crippen molar-refractivity contribution < 1.29 is 0 Å². The molecule has 0 aliphatic heterocycles. The Morgan fingerprint density at radius 2 is 1.13 bits per heavy atom. The predicted octanol–water partition coefficient (Wildman–Crippen LogP) is 5.02. The highest BCUT2D eigenvalue weighted by molar-refractivity contribution is 8.15. The zero-order chi connectivity index (χ0) is 16.0. The molecule has 3 aromatic rings. The molecular weight excluding hydrogens is 318 g/mol. The summed E-state index contributed by atoms with van der Waals surface area (Å²) in [4.78, 5) is 0. The third kappa shape index (κ3) is 3.38. The Labute approximate surface area is 138 Å². The monoisotopic (exact) mass is 334 g/mol. The van der Waals surface area contributed by atoms with Crippen LogP contribution in [0.5, 0.6) is 0 Å². The fraction of sp³-hybridized carbons (Fsp3) is 0. The first-order chi connectivity index (χ1) is 11.3. The average Bonchev–Trinajstić information content (AvgIpc) is 2.64. The van der Waals surface area contributed by atoms with Gasteiger partial charge < -0.3 is 5.09 Å². The van der Waals surface area contributed by atoms with Gasteiger partial charge in [-0.1, -0.05) is 78.9 Å². The van der Waals surface area contributed by atoms with Crippen molar-refractivity contribution in [2.24, 2.45) is 0 Å². The standard InChI is InChI=1S/C19H16N2P2/c20-16-22-23(18-12-6-2-7-13-18,19-14-8-3-9-15-19)21-17-10-4-1-5-11-17/h1-15,21H. The minimum absolute atomic E-state index is 0.746. The van der Waals surface area contributed by atoms with E-state index in [1.54, 1.807) is 0 Å². The fourth-order valence-corrected chi connectivity index (χ4v) is 7.57. The molecule has 3 aromatic carbocycles. The smallest absolute Gasteiger partial charge is 0.124 e. The first-order valence-electron chi connectivity index (χ1n) is 7.30. The molecule has 0 radical (unpaired) electrons. The third-order valence-electron chi connectivity index (χ3n) is 3.52. The second-order valence-corrected chi connectivity index (χ2v) is 10.3. The number of nitrogens with one attached hydrogen (secondary N) is 1. The van der Waals surface area contributed by atoms with Crippen molar-refractivity contribution in [2.45, 2.75) is 0 Å². The van der Waals surface area contributed by atoms with E-state index in [1.807, 2.05) is 66.7 Å². The zero-order valence-electron chi connectivity index (χ0n) is 12.5. The highest BCUT2D eigenvalue weighted by Gasteiger charge is 2.23. The maximum atomic E-state index is 9.53. The Morgan fingerprint density at radius 3 is 1.57 bits per heavy atom. The number of para-hydroxylation sites is 1. The summed E-state index contributed by atoms with van der Waals surface area (Å²) >= 11 is 0. The SMILES string of the molecule is N#CP=P(Nc1ccccc1)(c1ccccc1)c1ccccc1. The summed E-state index contributed by atoms with van der Waals surface area (Å²) in [5, 5.41) is 15.6. The van der Waals surface area contributed by atoms with Crippen LogP contribution < -0.4 is 15.7 Å². The Kier molecular flexibility index (Phi) is 4.94. The molecule has 0 aliphatic rings. The van der Waals surface area contributed by atoms with Crippen LogP contribution in [0.25, 0.3) is 0 Å². The fourth-order valence-electron chi connectivity index (χ4n) is 2.47. The third-order valence-corrected chi connectivity index (χ3v) is 9.44. The number of nitriles is 1. The van der Waals surface area contributed by atoms with Gasteiger partial charge in [-0.05, 0) is 12.1 Å². The zero-order valence-corrected chi connectivity index (χ0v) is 14.3. The normalized spacial score (nSPS) is 10.9. The van der Waals surface area contributed by atoms with E-state index in [0.717, 1.165) is 13.6 Å². The Morgan fingerprint density at radius 1 is 0.696 bits per heavy atom. The van der Waals surface area contributed by atoms with E-state index >= 15 is 0 Å². The quantitative estimate of drug-likeness (QED) is 0.680. The molecule has 0 fully saturated rings. The van der Waals surface area contributed by atoms with Gasteiger partial charge in [0.2, 0.25) is 0 Å². The van der Waals surface area contributed by atoms with E-state index in [4.69, 9.17) is 0 Å². The van der Waals surface area contributed by atoms with Gasteiger partial charge >= 0.3 is 0 Å². The van der Waals surface area contributed by atoms with Gasteiger partial charge in [0, 0.05) is 24.2 Å². The molecule has 2 nitrogen and oxygen atoms in total. The summed E-state index contributed by atoms with van der Waals surface area (Å²) < 4.78 is 0. The van der Waals surface area contributed by atoms with Crippen molar-refractivity contribution >= 4 is 30.9 Å². The molecule has 0 spiro atoms. The van der Waals surface area contributed by atoms with E-state index in [2.05, 4.69) is 35.2 Å². The Bertz CT molecular complexity index is 811. The molecule has 0 heterocycles. The lowest BCUT2D eigenvalue weighted by molar-refractivity contribution is 1.57. The van der Waals surface area contributed by atoms with Gasteiger partial charge in [0.15, 0.2) is 0 Å². The Hall–Kier alpha value is -2.32. The molecule has 3 rings (SSSR count). The summed E-state index contributed by atoms with van der Waals surface area (Å²) in [5.41, 5.74) is 1.04. The van der Waals surface area contributed by atoms with Crippen molar-refractivity contribution in [3.05, 3.63) is 91.0 Å². The number of benzene rings is 3. The predicted molar refractivity (Wildman–Crippen MR) is 102 cm³/mol. The van der Waals surface area contributed by atoms with Crippen molar-refractivity contribution in [3.63, 3.8) is 0 Å². The molecule has 0 saturated heterocycles. The topological polar surface area (TPSA) is 35.8 Å². The molecule has 112 valence electrons. The summed E-state index contributed by atoms with van der Waals surface area (Å²) in [7, 11) is 0.746. The lowest BCUT2D eigenvalue weighted by Gasteiger charge is -2.27. The molecule has 0 saturated carbocycles. The molecule has 0 bridgehead atoms. The van der Waals surface area contributed by atoms with Crippen LogP contribution in [0.1, 0.15) is 0 Å². The molecular formula is C19H16N2P2. The van der Waals surface area contributed by atoms with Crippen LogP contribution >= 0.6 is 14.6 Å². The minimum atomic E-state index is -2.06. The van der Waals surface area contributed by atoms with Gasteiger partial charge in [0.1, 0.15) is 5.81 Å². The largest absolute Gasteiger partial charge is 0.355 e. The maximum Gasteiger partial charge on any atom is 0.124 e. The molecule has 4 heteroatoms. The molecule has 0 amide bonds.